The second kappa shape index (κ2) is 6.76. The Morgan fingerprint density at radius 1 is 1.43 bits per heavy atom. The van der Waals surface area contributed by atoms with E-state index in [1.54, 1.807) is 6.92 Å². The molecule has 6 heteroatoms. The van der Waals surface area contributed by atoms with Gasteiger partial charge in [0.05, 0.1) is 11.6 Å². The van der Waals surface area contributed by atoms with E-state index in [4.69, 9.17) is 4.74 Å². The van der Waals surface area contributed by atoms with Gasteiger partial charge in [0.1, 0.15) is 6.10 Å². The minimum absolute atomic E-state index is 0.0978. The monoisotopic (exact) mass is 308 g/mol. The van der Waals surface area contributed by atoms with E-state index in [0.717, 1.165) is 17.7 Å². The highest BCUT2D eigenvalue weighted by Gasteiger charge is 2.33. The molecule has 5 nitrogen and oxygen atoms in total. The van der Waals surface area contributed by atoms with E-state index in [-0.39, 0.29) is 18.1 Å². The van der Waals surface area contributed by atoms with Crippen molar-refractivity contribution >= 4 is 23.3 Å². The van der Waals surface area contributed by atoms with Crippen molar-refractivity contribution in [1.29, 1.82) is 0 Å². The van der Waals surface area contributed by atoms with Crippen LogP contribution in [-0.2, 0) is 9.53 Å². The molecule has 2 heterocycles. The van der Waals surface area contributed by atoms with Gasteiger partial charge in [-0.2, -0.15) is 0 Å². The number of esters is 1. The van der Waals surface area contributed by atoms with Gasteiger partial charge in [0.2, 0.25) is 0 Å². The molecular weight excluding hydrogens is 288 g/mol. The SMILES string of the molecule is CCC(CC)OC(=O)C1=C(C)NC(=O)NC1c1cccs1. The number of thiophene rings is 1. The maximum absolute atomic E-state index is 12.5. The molecule has 1 atom stereocenters. The number of hydrogen-bond donors (Lipinski definition) is 2. The van der Waals surface area contributed by atoms with Crippen LogP contribution in [0.4, 0.5) is 4.79 Å². The average molecular weight is 308 g/mol. The van der Waals surface area contributed by atoms with E-state index >= 15 is 0 Å². The van der Waals surface area contributed by atoms with E-state index in [1.807, 2.05) is 31.4 Å². The lowest BCUT2D eigenvalue weighted by molar-refractivity contribution is -0.145. The molecule has 2 N–H and O–H groups in total. The zero-order chi connectivity index (χ0) is 15.4. The van der Waals surface area contributed by atoms with Crippen molar-refractivity contribution in [3.63, 3.8) is 0 Å². The highest BCUT2D eigenvalue weighted by Crippen LogP contribution is 2.30. The Labute approximate surface area is 128 Å². The smallest absolute Gasteiger partial charge is 0.338 e. The molecule has 0 saturated carbocycles. The Balaban J connectivity index is 2.29. The Hall–Kier alpha value is -1.82. The van der Waals surface area contributed by atoms with Crippen LogP contribution < -0.4 is 10.6 Å². The number of carbonyl (C=O) groups excluding carboxylic acids is 2. The Morgan fingerprint density at radius 2 is 2.14 bits per heavy atom. The maximum Gasteiger partial charge on any atom is 0.338 e. The predicted octanol–water partition coefficient (Wildman–Crippen LogP) is 3.11. The maximum atomic E-state index is 12.5. The standard InChI is InChI=1S/C15H20N2O3S/c1-4-10(5-2)20-14(18)12-9(3)16-15(19)17-13(12)11-7-6-8-21-11/h6-8,10,13H,4-5H2,1-3H3,(H2,16,17,19). The number of allylic oxidation sites excluding steroid dienone is 1. The third kappa shape index (κ3) is 3.44. The summed E-state index contributed by atoms with van der Waals surface area (Å²) in [5.41, 5.74) is 1.03. The van der Waals surface area contributed by atoms with Gasteiger partial charge < -0.3 is 15.4 Å². The molecule has 1 aromatic heterocycles. The number of urea groups is 1. The minimum Gasteiger partial charge on any atom is -0.459 e. The van der Waals surface area contributed by atoms with Gasteiger partial charge in [-0.15, -0.1) is 11.3 Å². The quantitative estimate of drug-likeness (QED) is 0.821. The Morgan fingerprint density at radius 3 is 2.71 bits per heavy atom. The molecule has 1 aliphatic rings. The normalized spacial score (nSPS) is 18.5. The molecule has 0 fully saturated rings. The van der Waals surface area contributed by atoms with Gasteiger partial charge in [-0.1, -0.05) is 19.9 Å². The van der Waals surface area contributed by atoms with Crippen molar-refractivity contribution in [1.82, 2.24) is 10.6 Å². The predicted molar refractivity (Wildman–Crippen MR) is 81.9 cm³/mol. The summed E-state index contributed by atoms with van der Waals surface area (Å²) in [4.78, 5) is 25.1. The van der Waals surface area contributed by atoms with E-state index in [9.17, 15) is 9.59 Å². The van der Waals surface area contributed by atoms with Crippen LogP contribution in [0.5, 0.6) is 0 Å². The number of carbonyl (C=O) groups is 2. The third-order valence-electron chi connectivity index (χ3n) is 3.50. The van der Waals surface area contributed by atoms with Crippen molar-refractivity contribution in [3.8, 4) is 0 Å². The summed E-state index contributed by atoms with van der Waals surface area (Å²) in [6, 6.07) is 3.05. The fraction of sp³-hybridized carbons (Fsp3) is 0.467. The van der Waals surface area contributed by atoms with E-state index in [1.165, 1.54) is 11.3 Å². The molecule has 1 aromatic rings. The molecular formula is C15H20N2O3S. The molecule has 21 heavy (non-hydrogen) atoms. The van der Waals surface area contributed by atoms with Crippen LogP contribution in [0, 0.1) is 0 Å². The van der Waals surface area contributed by atoms with Crippen molar-refractivity contribution in [2.75, 3.05) is 0 Å². The van der Waals surface area contributed by atoms with Crippen molar-refractivity contribution in [3.05, 3.63) is 33.7 Å². The van der Waals surface area contributed by atoms with E-state index in [0.29, 0.717) is 11.3 Å². The van der Waals surface area contributed by atoms with E-state index in [2.05, 4.69) is 10.6 Å². The molecule has 1 unspecified atom stereocenters. The molecule has 0 bridgehead atoms. The summed E-state index contributed by atoms with van der Waals surface area (Å²) in [5.74, 6) is -0.368. The van der Waals surface area contributed by atoms with Crippen LogP contribution in [0.3, 0.4) is 0 Å². The van der Waals surface area contributed by atoms with Crippen molar-refractivity contribution in [2.24, 2.45) is 0 Å². The summed E-state index contributed by atoms with van der Waals surface area (Å²) in [6.07, 6.45) is 1.45. The molecule has 0 aliphatic carbocycles. The first-order chi connectivity index (χ1) is 10.1. The Kier molecular flexibility index (Phi) is 5.01. The molecule has 1 aliphatic heterocycles. The lowest BCUT2D eigenvalue weighted by atomic mass is 10.0. The van der Waals surface area contributed by atoms with Crippen LogP contribution in [0.15, 0.2) is 28.8 Å². The minimum atomic E-state index is -0.444. The Bertz CT molecular complexity index is 547. The first kappa shape index (κ1) is 15.6. The van der Waals surface area contributed by atoms with Crippen LogP contribution in [0.2, 0.25) is 0 Å². The largest absolute Gasteiger partial charge is 0.459 e. The second-order valence-corrected chi connectivity index (χ2v) is 5.91. The van der Waals surface area contributed by atoms with Gasteiger partial charge in [-0.25, -0.2) is 9.59 Å². The fourth-order valence-electron chi connectivity index (χ4n) is 2.30. The average Bonchev–Trinajstić information content (AvgIpc) is 2.97. The molecule has 0 saturated heterocycles. The highest BCUT2D eigenvalue weighted by molar-refractivity contribution is 7.10. The molecule has 114 valence electrons. The number of rotatable bonds is 5. The third-order valence-corrected chi connectivity index (χ3v) is 4.44. The number of hydrogen-bond acceptors (Lipinski definition) is 4. The number of amides is 2. The topological polar surface area (TPSA) is 67.4 Å². The first-order valence-corrected chi connectivity index (χ1v) is 7.97. The zero-order valence-electron chi connectivity index (χ0n) is 12.4. The molecule has 2 amide bonds. The number of ether oxygens (including phenoxy) is 1. The van der Waals surface area contributed by atoms with Gasteiger partial charge in [0.15, 0.2) is 0 Å². The molecule has 2 rings (SSSR count). The van der Waals surface area contributed by atoms with Gasteiger partial charge in [-0.05, 0) is 31.2 Å². The van der Waals surface area contributed by atoms with Crippen molar-refractivity contribution < 1.29 is 14.3 Å². The van der Waals surface area contributed by atoms with Gasteiger partial charge in [0.25, 0.3) is 0 Å². The summed E-state index contributed by atoms with van der Waals surface area (Å²) < 4.78 is 5.54. The zero-order valence-corrected chi connectivity index (χ0v) is 13.3. The highest BCUT2D eigenvalue weighted by atomic mass is 32.1. The lowest BCUT2D eigenvalue weighted by Gasteiger charge is -2.28. The summed E-state index contributed by atoms with van der Waals surface area (Å²) in [7, 11) is 0. The van der Waals surface area contributed by atoms with Crippen LogP contribution in [0.25, 0.3) is 0 Å². The van der Waals surface area contributed by atoms with Gasteiger partial charge in [-0.3, -0.25) is 0 Å². The molecule has 0 spiro atoms. The van der Waals surface area contributed by atoms with Crippen LogP contribution in [-0.4, -0.2) is 18.1 Å². The fourth-order valence-corrected chi connectivity index (χ4v) is 3.09. The van der Waals surface area contributed by atoms with Gasteiger partial charge in [0, 0.05) is 10.6 Å². The van der Waals surface area contributed by atoms with E-state index < -0.39 is 6.04 Å². The second-order valence-electron chi connectivity index (χ2n) is 4.93. The molecule has 0 radical (unpaired) electrons. The summed E-state index contributed by atoms with van der Waals surface area (Å²) in [6.45, 7) is 5.70. The van der Waals surface area contributed by atoms with Crippen LogP contribution in [0.1, 0.15) is 44.5 Å². The van der Waals surface area contributed by atoms with Crippen LogP contribution >= 0.6 is 11.3 Å². The summed E-state index contributed by atoms with van der Waals surface area (Å²) >= 11 is 1.50. The summed E-state index contributed by atoms with van der Waals surface area (Å²) in [5, 5.41) is 7.36. The lowest BCUT2D eigenvalue weighted by Crippen LogP contribution is -2.45. The van der Waals surface area contributed by atoms with Gasteiger partial charge >= 0.3 is 12.0 Å². The number of nitrogens with one attached hydrogen (secondary N) is 2. The first-order valence-electron chi connectivity index (χ1n) is 7.09. The molecule has 0 aromatic carbocycles. The van der Waals surface area contributed by atoms with Crippen molar-refractivity contribution in [2.45, 2.75) is 45.8 Å².